The van der Waals surface area contributed by atoms with Crippen LogP contribution in [0, 0.1) is 13.8 Å². The normalized spacial score (nSPS) is 11.4. The van der Waals surface area contributed by atoms with Crippen molar-refractivity contribution in [2.24, 2.45) is 0 Å². The molecule has 2 aromatic heterocycles. The Morgan fingerprint density at radius 3 is 2.35 bits per heavy atom. The number of esters is 1. The van der Waals surface area contributed by atoms with Gasteiger partial charge >= 0.3 is 5.97 Å². The Balaban J connectivity index is 1.66. The minimum absolute atomic E-state index is 0.289. The summed E-state index contributed by atoms with van der Waals surface area (Å²) in [5, 5.41) is 0. The maximum atomic E-state index is 13.2. The molecule has 0 fully saturated rings. The van der Waals surface area contributed by atoms with Crippen molar-refractivity contribution in [3.63, 3.8) is 0 Å². The van der Waals surface area contributed by atoms with Crippen molar-refractivity contribution < 1.29 is 9.53 Å². The van der Waals surface area contributed by atoms with E-state index in [1.165, 1.54) is 32.1 Å². The average Bonchev–Trinajstić information content (AvgIpc) is 3.11. The number of unbranched alkanes of at least 4 members (excludes halogenated alkanes) is 6. The summed E-state index contributed by atoms with van der Waals surface area (Å²) in [6, 6.07) is 13.8. The van der Waals surface area contributed by atoms with Crippen LogP contribution in [0.1, 0.15) is 73.4 Å². The van der Waals surface area contributed by atoms with Gasteiger partial charge in [-0.25, -0.2) is 14.8 Å². The van der Waals surface area contributed by atoms with Gasteiger partial charge in [0.05, 0.1) is 23.3 Å². The van der Waals surface area contributed by atoms with Gasteiger partial charge in [0.15, 0.2) is 5.65 Å². The zero-order valence-electron chi connectivity index (χ0n) is 20.4. The number of ether oxygens (including phenoxy) is 1. The predicted molar refractivity (Wildman–Crippen MR) is 139 cm³/mol. The molecule has 2 N–H and O–H groups in total. The Hall–Kier alpha value is -3.41. The quantitative estimate of drug-likeness (QED) is 0.212. The first-order valence-electron chi connectivity index (χ1n) is 12.3. The van der Waals surface area contributed by atoms with Crippen LogP contribution < -0.4 is 5.73 Å². The van der Waals surface area contributed by atoms with Crippen molar-refractivity contribution in [3.05, 3.63) is 59.2 Å². The lowest BCUT2D eigenvalue weighted by atomic mass is 10.1. The highest BCUT2D eigenvalue weighted by Crippen LogP contribution is 2.33. The maximum absolute atomic E-state index is 13.2. The van der Waals surface area contributed by atoms with Crippen LogP contribution in [0.25, 0.3) is 27.9 Å². The molecule has 6 heteroatoms. The Bertz CT molecular complexity index is 1310. The van der Waals surface area contributed by atoms with E-state index < -0.39 is 5.97 Å². The highest BCUT2D eigenvalue weighted by molar-refractivity contribution is 6.09. The molecule has 6 nitrogen and oxygen atoms in total. The number of aromatic nitrogens is 3. The number of rotatable bonds is 10. The Labute approximate surface area is 201 Å². The Morgan fingerprint density at radius 1 is 0.941 bits per heavy atom. The monoisotopic (exact) mass is 458 g/mol. The van der Waals surface area contributed by atoms with Gasteiger partial charge in [-0.05, 0) is 49.6 Å². The third kappa shape index (κ3) is 4.91. The number of hydrogen-bond donors (Lipinski definition) is 1. The topological polar surface area (TPSA) is 83.0 Å². The van der Waals surface area contributed by atoms with Crippen molar-refractivity contribution >= 4 is 34.0 Å². The van der Waals surface area contributed by atoms with Crippen molar-refractivity contribution in [3.8, 4) is 5.69 Å². The van der Waals surface area contributed by atoms with Crippen LogP contribution in [0.15, 0.2) is 42.5 Å². The largest absolute Gasteiger partial charge is 0.462 e. The van der Waals surface area contributed by atoms with E-state index in [4.69, 9.17) is 20.4 Å². The lowest BCUT2D eigenvalue weighted by molar-refractivity contribution is 0.0501. The molecular formula is C28H34N4O2. The fourth-order valence-electron chi connectivity index (χ4n) is 4.36. The Kier molecular flexibility index (Phi) is 7.46. The molecule has 0 bridgehead atoms. The number of para-hydroxylation sites is 2. The number of fused-ring (bicyclic) bond motifs is 2. The third-order valence-corrected chi connectivity index (χ3v) is 6.29. The van der Waals surface area contributed by atoms with Crippen molar-refractivity contribution in [1.82, 2.24) is 14.5 Å². The van der Waals surface area contributed by atoms with Gasteiger partial charge in [0.25, 0.3) is 0 Å². The lowest BCUT2D eigenvalue weighted by Gasteiger charge is -2.12. The van der Waals surface area contributed by atoms with Crippen LogP contribution in [0.5, 0.6) is 0 Å². The van der Waals surface area contributed by atoms with Crippen LogP contribution in [-0.2, 0) is 4.74 Å². The first kappa shape index (κ1) is 23.7. The van der Waals surface area contributed by atoms with Gasteiger partial charge in [0, 0.05) is 0 Å². The molecule has 0 radical (unpaired) electrons. The first-order valence-corrected chi connectivity index (χ1v) is 12.3. The molecule has 178 valence electrons. The van der Waals surface area contributed by atoms with Gasteiger partial charge in [-0.3, -0.25) is 4.57 Å². The number of nitrogens with zero attached hydrogens (tertiary/aromatic N) is 3. The van der Waals surface area contributed by atoms with E-state index in [9.17, 15) is 4.79 Å². The molecule has 0 saturated carbocycles. The van der Waals surface area contributed by atoms with Crippen LogP contribution in [-0.4, -0.2) is 27.1 Å². The van der Waals surface area contributed by atoms with Crippen LogP contribution >= 0.6 is 0 Å². The number of carbonyl (C=O) groups is 1. The van der Waals surface area contributed by atoms with Gasteiger partial charge in [-0.1, -0.05) is 69.7 Å². The van der Waals surface area contributed by atoms with E-state index in [1.807, 2.05) is 48.7 Å². The van der Waals surface area contributed by atoms with Gasteiger partial charge in [0.1, 0.15) is 16.9 Å². The molecule has 4 rings (SSSR count). The third-order valence-electron chi connectivity index (χ3n) is 6.29. The molecule has 0 aliphatic rings. The fraction of sp³-hybridized carbons (Fsp3) is 0.393. The van der Waals surface area contributed by atoms with Crippen molar-refractivity contribution in [1.29, 1.82) is 0 Å². The second-order valence-electron chi connectivity index (χ2n) is 9.03. The summed E-state index contributed by atoms with van der Waals surface area (Å²) in [6.45, 7) is 6.65. The molecule has 0 aliphatic heterocycles. The smallest absolute Gasteiger partial charge is 0.344 e. The second kappa shape index (κ2) is 10.7. The summed E-state index contributed by atoms with van der Waals surface area (Å²) in [5.41, 5.74) is 12.4. The van der Waals surface area contributed by atoms with Crippen molar-refractivity contribution in [2.45, 2.75) is 65.7 Å². The van der Waals surface area contributed by atoms with Gasteiger partial charge in [0.2, 0.25) is 0 Å². The summed E-state index contributed by atoms with van der Waals surface area (Å²) in [5.74, 6) is -0.134. The SMILES string of the molecule is CCCCCCCCCOC(=O)c1c(N)n(-c2cc(C)ccc2C)c2nc3ccccc3nc12. The van der Waals surface area contributed by atoms with E-state index in [0.717, 1.165) is 35.2 Å². The number of nitrogens with two attached hydrogens (primary N) is 1. The van der Waals surface area contributed by atoms with Gasteiger partial charge < -0.3 is 10.5 Å². The van der Waals surface area contributed by atoms with Gasteiger partial charge in [-0.15, -0.1) is 0 Å². The summed E-state index contributed by atoms with van der Waals surface area (Å²) in [4.78, 5) is 22.8. The zero-order valence-corrected chi connectivity index (χ0v) is 20.4. The van der Waals surface area contributed by atoms with E-state index in [2.05, 4.69) is 19.1 Å². The second-order valence-corrected chi connectivity index (χ2v) is 9.03. The molecule has 34 heavy (non-hydrogen) atoms. The lowest BCUT2D eigenvalue weighted by Crippen LogP contribution is -2.10. The molecule has 0 amide bonds. The van der Waals surface area contributed by atoms with E-state index in [-0.39, 0.29) is 5.56 Å². The molecule has 2 heterocycles. The molecule has 0 aliphatic carbocycles. The first-order chi connectivity index (χ1) is 16.5. The number of nitrogen functional groups attached to an aromatic ring is 1. The number of anilines is 1. The van der Waals surface area contributed by atoms with E-state index in [1.54, 1.807) is 0 Å². The molecule has 0 spiro atoms. The van der Waals surface area contributed by atoms with Crippen LogP contribution in [0.4, 0.5) is 5.82 Å². The molecule has 2 aromatic carbocycles. The maximum Gasteiger partial charge on any atom is 0.344 e. The summed E-state index contributed by atoms with van der Waals surface area (Å²) in [7, 11) is 0. The number of carbonyl (C=O) groups excluding carboxylic acids is 1. The zero-order chi connectivity index (χ0) is 24.1. The van der Waals surface area contributed by atoms with Crippen LogP contribution in [0.3, 0.4) is 0 Å². The molecule has 0 atom stereocenters. The van der Waals surface area contributed by atoms with Crippen LogP contribution in [0.2, 0.25) is 0 Å². The number of aryl methyl sites for hydroxylation is 2. The molecule has 0 saturated heterocycles. The Morgan fingerprint density at radius 2 is 1.62 bits per heavy atom. The molecule has 4 aromatic rings. The minimum atomic E-state index is -0.442. The highest BCUT2D eigenvalue weighted by Gasteiger charge is 2.26. The molecular weight excluding hydrogens is 424 g/mol. The minimum Gasteiger partial charge on any atom is -0.462 e. The van der Waals surface area contributed by atoms with Crippen molar-refractivity contribution in [2.75, 3.05) is 12.3 Å². The van der Waals surface area contributed by atoms with Gasteiger partial charge in [-0.2, -0.15) is 0 Å². The van der Waals surface area contributed by atoms with E-state index >= 15 is 0 Å². The fourth-order valence-corrected chi connectivity index (χ4v) is 4.36. The standard InChI is InChI=1S/C28H34N4O2/c1-4-5-6-7-8-9-12-17-34-28(33)24-25-27(31-22-14-11-10-13-21(22)30-25)32(26(24)29)23-18-19(2)15-16-20(23)3/h10-11,13-16,18H,4-9,12,17,29H2,1-3H3. The number of benzene rings is 2. The molecule has 0 unspecified atom stereocenters. The van der Waals surface area contributed by atoms with E-state index in [0.29, 0.717) is 29.1 Å². The summed E-state index contributed by atoms with van der Waals surface area (Å²) in [6.07, 6.45) is 8.12. The summed E-state index contributed by atoms with van der Waals surface area (Å²) < 4.78 is 7.49. The predicted octanol–water partition coefficient (Wildman–Crippen LogP) is 6.68. The highest BCUT2D eigenvalue weighted by atomic mass is 16.5. The number of hydrogen-bond acceptors (Lipinski definition) is 5. The average molecular weight is 459 g/mol. The summed E-state index contributed by atoms with van der Waals surface area (Å²) >= 11 is 0.